The van der Waals surface area contributed by atoms with Gasteiger partial charge in [0.1, 0.15) is 0 Å². The molecule has 0 saturated carbocycles. The maximum Gasteiger partial charge on any atom is 0.490 e. The molecule has 5 atom stereocenters. The summed E-state index contributed by atoms with van der Waals surface area (Å²) in [5.41, 5.74) is 8.25. The summed E-state index contributed by atoms with van der Waals surface area (Å²) >= 11 is 0. The molecule has 9 nitrogen and oxygen atoms in total. The van der Waals surface area contributed by atoms with Gasteiger partial charge < -0.3 is 26.0 Å². The number of rotatable bonds is 10. The fourth-order valence-electron chi connectivity index (χ4n) is 5.77. The molecule has 0 aromatic heterocycles. The van der Waals surface area contributed by atoms with Gasteiger partial charge in [0.15, 0.2) is 6.10 Å². The number of carbonyl (C=O) groups is 3. The highest BCUT2D eigenvalue weighted by atomic mass is 19.4. The topological polar surface area (TPSA) is 144 Å². The quantitative estimate of drug-likeness (QED) is 0.331. The number of carboxylic acids is 1. The lowest BCUT2D eigenvalue weighted by atomic mass is 9.84. The maximum absolute atomic E-state index is 12.9. The molecule has 2 aliphatic rings. The normalized spacial score (nSPS) is 21.5. The number of primary amides is 1. The molecular weight excluding hydrogens is 555 g/mol. The van der Waals surface area contributed by atoms with E-state index in [-0.39, 0.29) is 5.91 Å². The van der Waals surface area contributed by atoms with Crippen LogP contribution in [-0.4, -0.2) is 86.5 Å². The van der Waals surface area contributed by atoms with Gasteiger partial charge in [-0.15, -0.1) is 0 Å². The van der Waals surface area contributed by atoms with Crippen molar-refractivity contribution in [1.29, 1.82) is 0 Å². The van der Waals surface area contributed by atoms with Crippen molar-refractivity contribution in [2.75, 3.05) is 13.1 Å². The predicted octanol–water partition coefficient (Wildman–Crippen LogP) is 3.29. The summed E-state index contributed by atoms with van der Waals surface area (Å²) in [5, 5.41) is 27.1. The Balaban J connectivity index is 0.000000616. The number of halogens is 3. The second-order valence-electron chi connectivity index (χ2n) is 10.9. The van der Waals surface area contributed by atoms with Gasteiger partial charge in [-0.2, -0.15) is 13.2 Å². The molecule has 3 unspecified atom stereocenters. The first-order chi connectivity index (χ1) is 19.8. The van der Waals surface area contributed by atoms with E-state index in [4.69, 9.17) is 15.6 Å². The van der Waals surface area contributed by atoms with E-state index in [1.807, 2.05) is 42.5 Å². The van der Waals surface area contributed by atoms with Gasteiger partial charge in [0.2, 0.25) is 5.91 Å². The maximum atomic E-state index is 12.9. The highest BCUT2D eigenvalue weighted by Crippen LogP contribution is 2.43. The number of hydrogen-bond acceptors (Lipinski definition) is 6. The Morgan fingerprint density at radius 3 is 2.14 bits per heavy atom. The minimum Gasteiger partial charge on any atom is -0.475 e. The zero-order chi connectivity index (χ0) is 31.0. The van der Waals surface area contributed by atoms with Gasteiger partial charge in [0, 0.05) is 37.3 Å². The van der Waals surface area contributed by atoms with Crippen LogP contribution in [0, 0.1) is 0 Å². The summed E-state index contributed by atoms with van der Waals surface area (Å²) < 4.78 is 31.7. The standard InChI is InChI=1S/C28H37N3O4.C2HF3O2/c1-19(32)26(33)28(35)30(18-20-7-3-2-4-8-20)13-6-14-31-24-11-12-25(31)17-23(16-24)21-9-5-10-22(15-21)27(29)34;3-2(4,5)1(6)7/h2-5,7-10,15,19,23-26,32-33H,6,11-14,16-18H2,1H3,(H2,29,34);(H,6,7)/t19?,23?,24-,25+,26?;. The molecule has 2 fully saturated rings. The van der Waals surface area contributed by atoms with E-state index in [0.29, 0.717) is 36.7 Å². The zero-order valence-corrected chi connectivity index (χ0v) is 23.4. The number of aliphatic carboxylic acids is 1. The first kappa shape index (κ1) is 33.0. The van der Waals surface area contributed by atoms with Crippen LogP contribution in [0.2, 0.25) is 0 Å². The molecule has 2 aliphatic heterocycles. The van der Waals surface area contributed by atoms with Crippen LogP contribution in [0.4, 0.5) is 13.2 Å². The van der Waals surface area contributed by atoms with Crippen LogP contribution < -0.4 is 5.73 Å². The average molecular weight is 594 g/mol. The van der Waals surface area contributed by atoms with Crippen molar-refractivity contribution in [2.24, 2.45) is 5.73 Å². The molecule has 0 spiro atoms. The van der Waals surface area contributed by atoms with Gasteiger partial charge in [-0.3, -0.25) is 14.5 Å². The van der Waals surface area contributed by atoms with Gasteiger partial charge in [-0.1, -0.05) is 42.5 Å². The summed E-state index contributed by atoms with van der Waals surface area (Å²) in [5.74, 6) is -3.14. The first-order valence-corrected chi connectivity index (χ1v) is 13.9. The fourth-order valence-corrected chi connectivity index (χ4v) is 5.77. The first-order valence-electron chi connectivity index (χ1n) is 13.9. The van der Waals surface area contributed by atoms with E-state index in [2.05, 4.69) is 11.0 Å². The molecule has 2 bridgehead atoms. The van der Waals surface area contributed by atoms with E-state index in [9.17, 15) is 33.0 Å². The molecule has 2 saturated heterocycles. The van der Waals surface area contributed by atoms with Crippen LogP contribution in [0.25, 0.3) is 0 Å². The Morgan fingerprint density at radius 1 is 1.02 bits per heavy atom. The van der Waals surface area contributed by atoms with Gasteiger partial charge in [-0.05, 0) is 68.2 Å². The Labute approximate surface area is 242 Å². The van der Waals surface area contributed by atoms with Crippen LogP contribution in [0.3, 0.4) is 0 Å². The third kappa shape index (κ3) is 9.01. The molecule has 42 heavy (non-hydrogen) atoms. The molecule has 0 radical (unpaired) electrons. The largest absolute Gasteiger partial charge is 0.490 e. The molecule has 2 aromatic rings. The molecule has 2 heterocycles. The van der Waals surface area contributed by atoms with Crippen LogP contribution in [0.15, 0.2) is 54.6 Å². The van der Waals surface area contributed by atoms with Crippen molar-refractivity contribution >= 4 is 17.8 Å². The van der Waals surface area contributed by atoms with Crippen LogP contribution in [0.5, 0.6) is 0 Å². The minimum atomic E-state index is -5.08. The number of nitrogens with two attached hydrogens (primary N) is 1. The molecule has 2 amide bonds. The Kier molecular flexibility index (Phi) is 11.5. The van der Waals surface area contributed by atoms with Crippen molar-refractivity contribution in [2.45, 2.75) is 82.0 Å². The van der Waals surface area contributed by atoms with Gasteiger partial charge in [0.05, 0.1) is 6.10 Å². The number of piperidine rings is 1. The lowest BCUT2D eigenvalue weighted by Crippen LogP contribution is -2.46. The summed E-state index contributed by atoms with van der Waals surface area (Å²) in [6.07, 6.45) is -2.34. The molecule has 5 N–H and O–H groups in total. The van der Waals surface area contributed by atoms with Crippen LogP contribution in [-0.2, 0) is 16.1 Å². The number of fused-ring (bicyclic) bond motifs is 2. The third-order valence-electron chi connectivity index (χ3n) is 7.85. The average Bonchev–Trinajstić information content (AvgIpc) is 3.17. The second-order valence-corrected chi connectivity index (χ2v) is 10.9. The Bertz CT molecular complexity index is 1200. The molecule has 4 rings (SSSR count). The Morgan fingerprint density at radius 2 is 1.62 bits per heavy atom. The lowest BCUT2D eigenvalue weighted by Gasteiger charge is -2.39. The van der Waals surface area contributed by atoms with Crippen molar-refractivity contribution in [3.05, 3.63) is 71.3 Å². The fraction of sp³-hybridized carbons (Fsp3) is 0.500. The van der Waals surface area contributed by atoms with Gasteiger partial charge >= 0.3 is 12.1 Å². The van der Waals surface area contributed by atoms with Crippen LogP contribution >= 0.6 is 0 Å². The van der Waals surface area contributed by atoms with E-state index >= 15 is 0 Å². The van der Waals surface area contributed by atoms with Crippen molar-refractivity contribution in [3.63, 3.8) is 0 Å². The van der Waals surface area contributed by atoms with Crippen molar-refractivity contribution in [3.8, 4) is 0 Å². The number of aliphatic hydroxyl groups excluding tert-OH is 2. The predicted molar refractivity (Wildman–Crippen MR) is 148 cm³/mol. The summed E-state index contributed by atoms with van der Waals surface area (Å²) in [6, 6.07) is 18.5. The van der Waals surface area contributed by atoms with E-state index < -0.39 is 30.3 Å². The highest BCUT2D eigenvalue weighted by molar-refractivity contribution is 5.92. The number of carbonyl (C=O) groups excluding carboxylic acids is 2. The zero-order valence-electron chi connectivity index (χ0n) is 23.4. The monoisotopic (exact) mass is 593 g/mol. The number of nitrogens with zero attached hydrogens (tertiary/aromatic N) is 2. The number of hydrogen-bond donors (Lipinski definition) is 4. The number of benzene rings is 2. The molecule has 12 heteroatoms. The van der Waals surface area contributed by atoms with Crippen LogP contribution in [0.1, 0.15) is 66.4 Å². The Hall–Kier alpha value is -3.48. The van der Waals surface area contributed by atoms with E-state index in [1.165, 1.54) is 25.3 Å². The second kappa shape index (κ2) is 14.6. The summed E-state index contributed by atoms with van der Waals surface area (Å²) in [7, 11) is 0. The summed E-state index contributed by atoms with van der Waals surface area (Å²) in [4.78, 5) is 37.6. The van der Waals surface area contributed by atoms with Gasteiger partial charge in [-0.25, -0.2) is 4.79 Å². The number of alkyl halides is 3. The van der Waals surface area contributed by atoms with E-state index in [1.54, 1.807) is 11.0 Å². The minimum absolute atomic E-state index is 0.387. The molecule has 2 aromatic carbocycles. The van der Waals surface area contributed by atoms with E-state index in [0.717, 1.165) is 31.4 Å². The number of carboxylic acid groups (broad SMARTS) is 1. The molecule has 0 aliphatic carbocycles. The van der Waals surface area contributed by atoms with Gasteiger partial charge in [0.25, 0.3) is 5.91 Å². The lowest BCUT2D eigenvalue weighted by molar-refractivity contribution is -0.192. The molecular formula is C30H38F3N3O6. The van der Waals surface area contributed by atoms with Crippen molar-refractivity contribution < 1.29 is 42.9 Å². The SMILES string of the molecule is CC(O)C(O)C(=O)N(CCCN1[C@@H]2CC[C@H]1CC(c1cccc(C(N)=O)c1)C2)Cc1ccccc1.O=C(O)C(F)(F)F. The smallest absolute Gasteiger partial charge is 0.475 e. The van der Waals surface area contributed by atoms with Crippen molar-refractivity contribution in [1.82, 2.24) is 9.80 Å². The number of aliphatic hydroxyl groups is 2. The summed E-state index contributed by atoms with van der Waals surface area (Å²) in [6.45, 7) is 3.27. The number of amides is 2. The molecule has 230 valence electrons. The third-order valence-corrected chi connectivity index (χ3v) is 7.85. The highest BCUT2D eigenvalue weighted by Gasteiger charge is 2.41.